The van der Waals surface area contributed by atoms with Crippen LogP contribution in [-0.2, 0) is 10.2 Å². The standard InChI is InChI=1S/C23H30N2O3/c1-6-25(7-2)22(27)17-9-8-10-19(15-17)24-21(26)16-28-20-13-11-18(12-14-20)23(3,4)5/h8-15H,6-7,16H2,1-5H3,(H,24,26). The number of benzene rings is 2. The first-order chi connectivity index (χ1) is 13.2. The Balaban J connectivity index is 1.94. The highest BCUT2D eigenvalue weighted by Crippen LogP contribution is 2.24. The molecule has 0 saturated carbocycles. The van der Waals surface area contributed by atoms with Gasteiger partial charge in [-0.15, -0.1) is 0 Å². The predicted octanol–water partition coefficient (Wildman–Crippen LogP) is 4.48. The monoisotopic (exact) mass is 382 g/mol. The topological polar surface area (TPSA) is 58.6 Å². The van der Waals surface area contributed by atoms with Gasteiger partial charge in [-0.2, -0.15) is 0 Å². The Kier molecular flexibility index (Phi) is 7.21. The van der Waals surface area contributed by atoms with Crippen molar-refractivity contribution in [3.05, 3.63) is 59.7 Å². The van der Waals surface area contributed by atoms with E-state index in [0.29, 0.717) is 30.1 Å². The molecule has 5 nitrogen and oxygen atoms in total. The van der Waals surface area contributed by atoms with Crippen molar-refractivity contribution in [1.29, 1.82) is 0 Å². The molecule has 0 aliphatic carbocycles. The van der Waals surface area contributed by atoms with Crippen molar-refractivity contribution in [2.75, 3.05) is 25.0 Å². The smallest absolute Gasteiger partial charge is 0.262 e. The lowest BCUT2D eigenvalue weighted by atomic mass is 9.87. The van der Waals surface area contributed by atoms with Crippen LogP contribution in [-0.4, -0.2) is 36.4 Å². The lowest BCUT2D eigenvalue weighted by molar-refractivity contribution is -0.118. The van der Waals surface area contributed by atoms with Crippen LogP contribution in [0.5, 0.6) is 5.75 Å². The van der Waals surface area contributed by atoms with Crippen molar-refractivity contribution in [2.24, 2.45) is 0 Å². The second kappa shape index (κ2) is 9.40. The summed E-state index contributed by atoms with van der Waals surface area (Å²) < 4.78 is 5.57. The minimum absolute atomic E-state index is 0.0451. The van der Waals surface area contributed by atoms with E-state index in [1.165, 1.54) is 5.56 Å². The largest absolute Gasteiger partial charge is 0.484 e. The molecular formula is C23H30N2O3. The van der Waals surface area contributed by atoms with Gasteiger partial charge in [-0.3, -0.25) is 9.59 Å². The van der Waals surface area contributed by atoms with Crippen LogP contribution in [0.2, 0.25) is 0 Å². The van der Waals surface area contributed by atoms with E-state index in [9.17, 15) is 9.59 Å². The number of carbonyl (C=O) groups excluding carboxylic acids is 2. The second-order valence-electron chi connectivity index (χ2n) is 7.67. The number of amides is 2. The molecule has 2 amide bonds. The molecule has 150 valence electrons. The Morgan fingerprint density at radius 3 is 2.21 bits per heavy atom. The summed E-state index contributed by atoms with van der Waals surface area (Å²) in [6.45, 7) is 11.5. The van der Waals surface area contributed by atoms with E-state index >= 15 is 0 Å². The SMILES string of the molecule is CCN(CC)C(=O)c1cccc(NC(=O)COc2ccc(C(C)(C)C)cc2)c1. The number of rotatable bonds is 7. The third kappa shape index (κ3) is 5.84. The molecular weight excluding hydrogens is 352 g/mol. The zero-order valence-electron chi connectivity index (χ0n) is 17.4. The number of hydrogen-bond donors (Lipinski definition) is 1. The van der Waals surface area contributed by atoms with Gasteiger partial charge < -0.3 is 15.0 Å². The summed E-state index contributed by atoms with van der Waals surface area (Å²) in [5, 5.41) is 2.78. The van der Waals surface area contributed by atoms with Gasteiger partial charge in [0.15, 0.2) is 6.61 Å². The molecule has 0 spiro atoms. The molecule has 0 saturated heterocycles. The van der Waals surface area contributed by atoms with Crippen LogP contribution in [0.3, 0.4) is 0 Å². The van der Waals surface area contributed by atoms with Crippen molar-refractivity contribution in [2.45, 2.75) is 40.0 Å². The fraction of sp³-hybridized carbons (Fsp3) is 0.391. The molecule has 0 heterocycles. The highest BCUT2D eigenvalue weighted by atomic mass is 16.5. The summed E-state index contributed by atoms with van der Waals surface area (Å²) >= 11 is 0. The molecule has 0 unspecified atom stereocenters. The third-order valence-corrected chi connectivity index (χ3v) is 4.53. The molecule has 5 heteroatoms. The van der Waals surface area contributed by atoms with Gasteiger partial charge in [-0.25, -0.2) is 0 Å². The maximum Gasteiger partial charge on any atom is 0.262 e. The van der Waals surface area contributed by atoms with Crippen LogP contribution in [0.4, 0.5) is 5.69 Å². The Bertz CT molecular complexity index is 803. The van der Waals surface area contributed by atoms with Gasteiger partial charge in [0.25, 0.3) is 11.8 Å². The molecule has 28 heavy (non-hydrogen) atoms. The van der Waals surface area contributed by atoms with Crippen molar-refractivity contribution in [3.8, 4) is 5.75 Å². The molecule has 0 aromatic heterocycles. The average molecular weight is 383 g/mol. The molecule has 2 aromatic carbocycles. The summed E-state index contributed by atoms with van der Waals surface area (Å²) in [7, 11) is 0. The Morgan fingerprint density at radius 2 is 1.64 bits per heavy atom. The number of anilines is 1. The highest BCUT2D eigenvalue weighted by molar-refractivity contribution is 5.97. The summed E-state index contributed by atoms with van der Waals surface area (Å²) in [5.74, 6) is 0.331. The Hall–Kier alpha value is -2.82. The van der Waals surface area contributed by atoms with Gasteiger partial charge in [-0.1, -0.05) is 39.0 Å². The molecule has 0 bridgehead atoms. The number of ether oxygens (including phenoxy) is 1. The molecule has 0 radical (unpaired) electrons. The molecule has 0 atom stereocenters. The van der Waals surface area contributed by atoms with Crippen molar-refractivity contribution in [1.82, 2.24) is 4.90 Å². The van der Waals surface area contributed by atoms with E-state index in [1.54, 1.807) is 29.2 Å². The van der Waals surface area contributed by atoms with Gasteiger partial charge >= 0.3 is 0 Å². The minimum atomic E-state index is -0.271. The van der Waals surface area contributed by atoms with E-state index in [4.69, 9.17) is 4.74 Å². The second-order valence-corrected chi connectivity index (χ2v) is 7.67. The lowest BCUT2D eigenvalue weighted by Gasteiger charge is -2.19. The van der Waals surface area contributed by atoms with Crippen LogP contribution >= 0.6 is 0 Å². The number of nitrogens with zero attached hydrogens (tertiary/aromatic N) is 1. The zero-order chi connectivity index (χ0) is 20.7. The summed E-state index contributed by atoms with van der Waals surface area (Å²) in [6, 6.07) is 14.7. The molecule has 0 aliphatic heterocycles. The Labute approximate surface area is 167 Å². The zero-order valence-corrected chi connectivity index (χ0v) is 17.4. The maximum atomic E-state index is 12.4. The van der Waals surface area contributed by atoms with Crippen LogP contribution in [0.25, 0.3) is 0 Å². The fourth-order valence-corrected chi connectivity index (χ4v) is 2.82. The summed E-state index contributed by atoms with van der Waals surface area (Å²) in [5.41, 5.74) is 2.41. The average Bonchev–Trinajstić information content (AvgIpc) is 2.67. The molecule has 0 aliphatic rings. The van der Waals surface area contributed by atoms with Crippen molar-refractivity contribution >= 4 is 17.5 Å². The summed E-state index contributed by atoms with van der Waals surface area (Å²) in [4.78, 5) is 26.4. The first-order valence-electron chi connectivity index (χ1n) is 9.67. The van der Waals surface area contributed by atoms with Gasteiger partial charge in [0.1, 0.15) is 5.75 Å². The van der Waals surface area contributed by atoms with Crippen molar-refractivity contribution < 1.29 is 14.3 Å². The predicted molar refractivity (Wildman–Crippen MR) is 113 cm³/mol. The van der Waals surface area contributed by atoms with E-state index < -0.39 is 0 Å². The van der Waals surface area contributed by atoms with Gasteiger partial charge in [0.2, 0.25) is 0 Å². The van der Waals surface area contributed by atoms with Gasteiger partial charge in [-0.05, 0) is 55.2 Å². The van der Waals surface area contributed by atoms with Gasteiger partial charge in [0.05, 0.1) is 0 Å². The number of hydrogen-bond acceptors (Lipinski definition) is 3. The Morgan fingerprint density at radius 1 is 1.00 bits per heavy atom. The fourth-order valence-electron chi connectivity index (χ4n) is 2.82. The minimum Gasteiger partial charge on any atom is -0.484 e. The van der Waals surface area contributed by atoms with E-state index in [0.717, 1.165) is 0 Å². The van der Waals surface area contributed by atoms with Crippen LogP contribution in [0.1, 0.15) is 50.5 Å². The van der Waals surface area contributed by atoms with Crippen LogP contribution in [0, 0.1) is 0 Å². The molecule has 1 N–H and O–H groups in total. The third-order valence-electron chi connectivity index (χ3n) is 4.53. The molecule has 2 rings (SSSR count). The quantitative estimate of drug-likeness (QED) is 0.768. The van der Waals surface area contributed by atoms with E-state index in [-0.39, 0.29) is 23.8 Å². The highest BCUT2D eigenvalue weighted by Gasteiger charge is 2.14. The van der Waals surface area contributed by atoms with Crippen LogP contribution in [0.15, 0.2) is 48.5 Å². The molecule has 0 fully saturated rings. The number of carbonyl (C=O) groups is 2. The summed E-state index contributed by atoms with van der Waals surface area (Å²) in [6.07, 6.45) is 0. The lowest BCUT2D eigenvalue weighted by Crippen LogP contribution is -2.30. The molecule has 2 aromatic rings. The first-order valence-corrected chi connectivity index (χ1v) is 9.67. The van der Waals surface area contributed by atoms with E-state index in [1.807, 2.05) is 38.1 Å². The van der Waals surface area contributed by atoms with Crippen LogP contribution < -0.4 is 10.1 Å². The first kappa shape index (κ1) is 21.5. The van der Waals surface area contributed by atoms with Gasteiger partial charge in [0, 0.05) is 24.3 Å². The van der Waals surface area contributed by atoms with Crippen molar-refractivity contribution in [3.63, 3.8) is 0 Å². The van der Waals surface area contributed by atoms with E-state index in [2.05, 4.69) is 26.1 Å². The normalized spacial score (nSPS) is 11.0. The maximum absolute atomic E-state index is 12.4. The number of nitrogens with one attached hydrogen (secondary N) is 1.